The van der Waals surface area contributed by atoms with Gasteiger partial charge in [-0.1, -0.05) is 41.9 Å². The van der Waals surface area contributed by atoms with E-state index in [1.165, 1.54) is 11.3 Å². The molecule has 1 heterocycles. The van der Waals surface area contributed by atoms with E-state index >= 15 is 0 Å². The van der Waals surface area contributed by atoms with Crippen LogP contribution >= 0.6 is 11.6 Å². The first-order valence-corrected chi connectivity index (χ1v) is 8.39. The third-order valence-electron chi connectivity index (χ3n) is 4.37. The van der Waals surface area contributed by atoms with Gasteiger partial charge in [0.1, 0.15) is 6.04 Å². The number of nitrogens with one attached hydrogen (secondary N) is 1. The molecule has 0 fully saturated rings. The maximum Gasteiger partial charge on any atom is 0.242 e. The van der Waals surface area contributed by atoms with Crippen LogP contribution in [0.25, 0.3) is 0 Å². The summed E-state index contributed by atoms with van der Waals surface area (Å²) in [4.78, 5) is 14.7. The molecule has 1 amide bonds. The van der Waals surface area contributed by atoms with E-state index in [4.69, 9.17) is 11.6 Å². The molecular weight excluding hydrogens is 308 g/mol. The molecule has 3 nitrogen and oxygen atoms in total. The van der Waals surface area contributed by atoms with Crippen LogP contribution in [0, 0.1) is 0 Å². The van der Waals surface area contributed by atoms with E-state index in [0.717, 1.165) is 24.9 Å². The molecule has 1 unspecified atom stereocenters. The molecule has 2 aromatic rings. The number of anilines is 1. The van der Waals surface area contributed by atoms with Gasteiger partial charge in [0.05, 0.1) is 0 Å². The summed E-state index contributed by atoms with van der Waals surface area (Å²) in [6.07, 6.45) is 2.18. The van der Waals surface area contributed by atoms with Crippen molar-refractivity contribution in [3.63, 3.8) is 0 Å². The Balaban J connectivity index is 1.65. The van der Waals surface area contributed by atoms with Crippen LogP contribution < -0.4 is 10.2 Å². The summed E-state index contributed by atoms with van der Waals surface area (Å²) in [6.45, 7) is 3.42. The summed E-state index contributed by atoms with van der Waals surface area (Å²) in [5.41, 5.74) is 3.57. The van der Waals surface area contributed by atoms with Crippen LogP contribution in [0.1, 0.15) is 24.5 Å². The van der Waals surface area contributed by atoms with Crippen molar-refractivity contribution >= 4 is 23.2 Å². The first kappa shape index (κ1) is 15.9. The van der Waals surface area contributed by atoms with Gasteiger partial charge in [-0.25, -0.2) is 0 Å². The van der Waals surface area contributed by atoms with Crippen molar-refractivity contribution < 1.29 is 4.79 Å². The number of halogens is 1. The molecule has 4 heteroatoms. The van der Waals surface area contributed by atoms with E-state index < -0.39 is 0 Å². The quantitative estimate of drug-likeness (QED) is 0.926. The van der Waals surface area contributed by atoms with E-state index in [0.29, 0.717) is 11.6 Å². The molecule has 120 valence electrons. The highest BCUT2D eigenvalue weighted by Crippen LogP contribution is 2.28. The normalized spacial score (nSPS) is 15.0. The van der Waals surface area contributed by atoms with Gasteiger partial charge in [0.15, 0.2) is 0 Å². The fraction of sp³-hybridized carbons (Fsp3) is 0.316. The fourth-order valence-electron chi connectivity index (χ4n) is 3.05. The van der Waals surface area contributed by atoms with Crippen molar-refractivity contribution in [2.75, 3.05) is 11.4 Å². The Morgan fingerprint density at radius 2 is 1.96 bits per heavy atom. The van der Waals surface area contributed by atoms with Crippen molar-refractivity contribution in [2.45, 2.75) is 32.4 Å². The average molecular weight is 329 g/mol. The maximum absolute atomic E-state index is 12.5. The van der Waals surface area contributed by atoms with Crippen molar-refractivity contribution in [3.05, 3.63) is 64.7 Å². The summed E-state index contributed by atoms with van der Waals surface area (Å²) in [7, 11) is 0. The first-order chi connectivity index (χ1) is 11.1. The predicted octanol–water partition coefficient (Wildman–Crippen LogP) is 3.80. The maximum atomic E-state index is 12.5. The minimum Gasteiger partial charge on any atom is -0.360 e. The molecule has 0 saturated heterocycles. The largest absolute Gasteiger partial charge is 0.360 e. The van der Waals surface area contributed by atoms with Crippen molar-refractivity contribution in [1.82, 2.24) is 5.32 Å². The van der Waals surface area contributed by atoms with Gasteiger partial charge in [0, 0.05) is 23.8 Å². The Bertz CT molecular complexity index is 684. The summed E-state index contributed by atoms with van der Waals surface area (Å²) < 4.78 is 0. The Morgan fingerprint density at radius 1 is 1.22 bits per heavy atom. The second-order valence-corrected chi connectivity index (χ2v) is 6.38. The molecular formula is C19H21ClN2O. The van der Waals surface area contributed by atoms with E-state index in [2.05, 4.69) is 28.4 Å². The van der Waals surface area contributed by atoms with Crippen molar-refractivity contribution in [3.8, 4) is 0 Å². The zero-order chi connectivity index (χ0) is 16.2. The molecule has 0 saturated carbocycles. The van der Waals surface area contributed by atoms with Gasteiger partial charge >= 0.3 is 0 Å². The molecule has 2 aromatic carbocycles. The van der Waals surface area contributed by atoms with E-state index in [-0.39, 0.29) is 11.9 Å². The molecule has 1 N–H and O–H groups in total. The highest BCUT2D eigenvalue weighted by molar-refractivity contribution is 6.30. The fourth-order valence-corrected chi connectivity index (χ4v) is 3.17. The van der Waals surface area contributed by atoms with Gasteiger partial charge in [0.25, 0.3) is 0 Å². The molecule has 0 aromatic heterocycles. The van der Waals surface area contributed by atoms with Crippen LogP contribution in [0.2, 0.25) is 5.02 Å². The van der Waals surface area contributed by atoms with Crippen molar-refractivity contribution in [2.24, 2.45) is 0 Å². The van der Waals surface area contributed by atoms with E-state index in [1.54, 1.807) is 0 Å². The molecule has 0 spiro atoms. The van der Waals surface area contributed by atoms with Gasteiger partial charge in [-0.2, -0.15) is 0 Å². The number of aryl methyl sites for hydroxylation is 1. The molecule has 23 heavy (non-hydrogen) atoms. The van der Waals surface area contributed by atoms with Gasteiger partial charge in [-0.15, -0.1) is 0 Å². The SMILES string of the molecule is CC(C(=O)NCc1ccc(Cl)cc1)N1CCCc2ccccc21. The third kappa shape index (κ3) is 3.67. The molecule has 1 aliphatic heterocycles. The number of para-hydroxylation sites is 1. The summed E-state index contributed by atoms with van der Waals surface area (Å²) in [5.74, 6) is 0.0525. The van der Waals surface area contributed by atoms with E-state index in [9.17, 15) is 4.79 Å². The number of hydrogen-bond donors (Lipinski definition) is 1. The highest BCUT2D eigenvalue weighted by atomic mass is 35.5. The van der Waals surface area contributed by atoms with Gasteiger partial charge in [0.2, 0.25) is 5.91 Å². The monoisotopic (exact) mass is 328 g/mol. The smallest absolute Gasteiger partial charge is 0.242 e. The lowest BCUT2D eigenvalue weighted by molar-refractivity contribution is -0.122. The minimum atomic E-state index is -0.177. The number of hydrogen-bond acceptors (Lipinski definition) is 2. The summed E-state index contributed by atoms with van der Waals surface area (Å²) in [5, 5.41) is 3.73. The lowest BCUT2D eigenvalue weighted by atomic mass is 10.00. The number of carbonyl (C=O) groups excluding carboxylic acids is 1. The minimum absolute atomic E-state index is 0.0525. The highest BCUT2D eigenvalue weighted by Gasteiger charge is 2.25. The summed E-state index contributed by atoms with van der Waals surface area (Å²) in [6, 6.07) is 15.7. The molecule has 0 radical (unpaired) electrons. The molecule has 1 atom stereocenters. The van der Waals surface area contributed by atoms with Gasteiger partial charge in [-0.05, 0) is 49.1 Å². The molecule has 1 aliphatic rings. The zero-order valence-corrected chi connectivity index (χ0v) is 14.0. The number of carbonyl (C=O) groups is 1. The van der Waals surface area contributed by atoms with Gasteiger partial charge < -0.3 is 10.2 Å². The number of nitrogens with zero attached hydrogens (tertiary/aromatic N) is 1. The molecule has 0 bridgehead atoms. The Labute approximate surface area is 142 Å². The number of fused-ring (bicyclic) bond motifs is 1. The standard InChI is InChI=1S/C19H21ClN2O/c1-14(19(23)21-13-15-8-10-17(20)11-9-15)22-12-4-6-16-5-2-3-7-18(16)22/h2-3,5,7-11,14H,4,6,12-13H2,1H3,(H,21,23). The number of benzene rings is 2. The summed E-state index contributed by atoms with van der Waals surface area (Å²) >= 11 is 5.88. The van der Waals surface area contributed by atoms with Crippen LogP contribution in [-0.2, 0) is 17.8 Å². The van der Waals surface area contributed by atoms with Crippen molar-refractivity contribution in [1.29, 1.82) is 0 Å². The van der Waals surface area contributed by atoms with Crippen LogP contribution in [0.15, 0.2) is 48.5 Å². The predicted molar refractivity (Wildman–Crippen MR) is 94.9 cm³/mol. The Hall–Kier alpha value is -2.00. The van der Waals surface area contributed by atoms with Crippen LogP contribution in [0.3, 0.4) is 0 Å². The van der Waals surface area contributed by atoms with Crippen LogP contribution in [-0.4, -0.2) is 18.5 Å². The lowest BCUT2D eigenvalue weighted by Crippen LogP contribution is -2.47. The van der Waals surface area contributed by atoms with Crippen LogP contribution in [0.4, 0.5) is 5.69 Å². The van der Waals surface area contributed by atoms with Crippen LogP contribution in [0.5, 0.6) is 0 Å². The lowest BCUT2D eigenvalue weighted by Gasteiger charge is -2.35. The zero-order valence-electron chi connectivity index (χ0n) is 13.3. The number of amides is 1. The second-order valence-electron chi connectivity index (χ2n) is 5.95. The van der Waals surface area contributed by atoms with E-state index in [1.807, 2.05) is 37.3 Å². The topological polar surface area (TPSA) is 32.3 Å². The van der Waals surface area contributed by atoms with Gasteiger partial charge in [-0.3, -0.25) is 4.79 Å². The Morgan fingerprint density at radius 3 is 2.74 bits per heavy atom. The first-order valence-electron chi connectivity index (χ1n) is 8.02. The second kappa shape index (κ2) is 7.05. The molecule has 0 aliphatic carbocycles. The average Bonchev–Trinajstić information content (AvgIpc) is 2.60. The third-order valence-corrected chi connectivity index (χ3v) is 4.63. The number of rotatable bonds is 4. The molecule has 3 rings (SSSR count). The Kier molecular flexibility index (Phi) is 4.87.